The molecule has 0 spiro atoms. The molecule has 0 saturated carbocycles. The highest BCUT2D eigenvalue weighted by Crippen LogP contribution is 2.19. The second-order valence-corrected chi connectivity index (χ2v) is 5.54. The van der Waals surface area contributed by atoms with Gasteiger partial charge in [-0.25, -0.2) is 4.39 Å². The van der Waals surface area contributed by atoms with Crippen molar-refractivity contribution in [3.8, 4) is 6.07 Å². The largest absolute Gasteiger partial charge is 0.298 e. The molecule has 0 aliphatic rings. The van der Waals surface area contributed by atoms with E-state index < -0.39 is 0 Å². The Bertz CT molecular complexity index is 649. The first kappa shape index (κ1) is 14.7. The van der Waals surface area contributed by atoms with E-state index in [9.17, 15) is 4.39 Å². The van der Waals surface area contributed by atoms with E-state index in [1.807, 2.05) is 42.3 Å². The summed E-state index contributed by atoms with van der Waals surface area (Å²) in [6, 6.07) is 14.4. The number of halogens is 2. The van der Waals surface area contributed by atoms with Crippen molar-refractivity contribution in [2.75, 3.05) is 7.05 Å². The fraction of sp³-hybridized carbons (Fsp3) is 0.188. The van der Waals surface area contributed by atoms with Crippen LogP contribution in [0.15, 0.2) is 46.9 Å². The van der Waals surface area contributed by atoms with Crippen LogP contribution in [0.25, 0.3) is 0 Å². The first-order chi connectivity index (χ1) is 9.60. The zero-order valence-corrected chi connectivity index (χ0v) is 12.7. The lowest BCUT2D eigenvalue weighted by Gasteiger charge is -2.18. The minimum absolute atomic E-state index is 0.275. The van der Waals surface area contributed by atoms with E-state index >= 15 is 0 Å². The zero-order chi connectivity index (χ0) is 14.5. The molecule has 2 nitrogen and oxygen atoms in total. The van der Waals surface area contributed by atoms with E-state index in [0.717, 1.165) is 10.0 Å². The fourth-order valence-electron chi connectivity index (χ4n) is 2.03. The minimum atomic E-state index is -0.275. The first-order valence-electron chi connectivity index (χ1n) is 6.20. The van der Waals surface area contributed by atoms with E-state index in [2.05, 4.69) is 15.9 Å². The molecule has 2 aromatic carbocycles. The highest BCUT2D eigenvalue weighted by molar-refractivity contribution is 9.10. The summed E-state index contributed by atoms with van der Waals surface area (Å²) in [6.45, 7) is 1.17. The molecule has 0 amide bonds. The summed E-state index contributed by atoms with van der Waals surface area (Å²) < 4.78 is 14.8. The van der Waals surface area contributed by atoms with E-state index in [4.69, 9.17) is 5.26 Å². The van der Waals surface area contributed by atoms with E-state index in [1.54, 1.807) is 6.07 Å². The van der Waals surface area contributed by atoms with Gasteiger partial charge in [-0.05, 0) is 36.9 Å². The lowest BCUT2D eigenvalue weighted by Crippen LogP contribution is -2.18. The van der Waals surface area contributed by atoms with Crippen molar-refractivity contribution in [3.63, 3.8) is 0 Å². The van der Waals surface area contributed by atoms with Crippen LogP contribution < -0.4 is 0 Å². The van der Waals surface area contributed by atoms with Crippen LogP contribution in [0.4, 0.5) is 4.39 Å². The molecule has 2 rings (SSSR count). The molecule has 0 aliphatic carbocycles. The summed E-state index contributed by atoms with van der Waals surface area (Å²) in [5.74, 6) is -0.275. The van der Waals surface area contributed by atoms with E-state index in [0.29, 0.717) is 24.2 Å². The van der Waals surface area contributed by atoms with Gasteiger partial charge in [-0.1, -0.05) is 34.1 Å². The van der Waals surface area contributed by atoms with Crippen molar-refractivity contribution in [3.05, 3.63) is 69.4 Å². The van der Waals surface area contributed by atoms with E-state index in [-0.39, 0.29) is 5.82 Å². The lowest BCUT2D eigenvalue weighted by molar-refractivity contribution is 0.313. The predicted octanol–water partition coefficient (Wildman–Crippen LogP) is 4.09. The van der Waals surface area contributed by atoms with Crippen molar-refractivity contribution >= 4 is 15.9 Å². The van der Waals surface area contributed by atoms with Gasteiger partial charge in [-0.2, -0.15) is 5.26 Å². The summed E-state index contributed by atoms with van der Waals surface area (Å²) in [7, 11) is 1.93. The Balaban J connectivity index is 2.11. The van der Waals surface area contributed by atoms with Gasteiger partial charge >= 0.3 is 0 Å². The van der Waals surface area contributed by atoms with Crippen LogP contribution in [-0.4, -0.2) is 11.9 Å². The summed E-state index contributed by atoms with van der Waals surface area (Å²) >= 11 is 3.50. The van der Waals surface area contributed by atoms with Crippen LogP contribution in [-0.2, 0) is 13.1 Å². The van der Waals surface area contributed by atoms with Crippen molar-refractivity contribution in [2.45, 2.75) is 13.1 Å². The molecule has 102 valence electrons. The average molecular weight is 333 g/mol. The van der Waals surface area contributed by atoms with Gasteiger partial charge in [0.15, 0.2) is 0 Å². The van der Waals surface area contributed by atoms with Gasteiger partial charge in [0.1, 0.15) is 5.82 Å². The Morgan fingerprint density at radius 1 is 1.15 bits per heavy atom. The number of hydrogen-bond acceptors (Lipinski definition) is 2. The third-order valence-corrected chi connectivity index (χ3v) is 3.79. The number of hydrogen-bond donors (Lipinski definition) is 0. The molecule has 0 N–H and O–H groups in total. The summed E-state index contributed by atoms with van der Waals surface area (Å²) in [6.07, 6.45) is 0. The van der Waals surface area contributed by atoms with Crippen LogP contribution in [0.2, 0.25) is 0 Å². The molecule has 0 atom stereocenters. The van der Waals surface area contributed by atoms with Crippen LogP contribution in [0.3, 0.4) is 0 Å². The van der Waals surface area contributed by atoms with Crippen molar-refractivity contribution in [1.29, 1.82) is 5.26 Å². The number of nitriles is 1. The zero-order valence-electron chi connectivity index (χ0n) is 11.1. The summed E-state index contributed by atoms with van der Waals surface area (Å²) in [5, 5.41) is 8.87. The molecule has 0 aliphatic heterocycles. The standard InChI is InChI=1S/C16H14BrFN2/c1-20(10-13-4-2-3-5-15(13)17)11-14-8-12(9-19)6-7-16(14)18/h2-8H,10-11H2,1H3. The molecule has 0 heterocycles. The molecule has 2 aromatic rings. The van der Waals surface area contributed by atoms with Gasteiger partial charge in [0.05, 0.1) is 11.6 Å². The van der Waals surface area contributed by atoms with Crippen molar-refractivity contribution in [2.24, 2.45) is 0 Å². The second kappa shape index (κ2) is 6.65. The van der Waals surface area contributed by atoms with Gasteiger partial charge in [-0.3, -0.25) is 4.90 Å². The topological polar surface area (TPSA) is 27.0 Å². The first-order valence-corrected chi connectivity index (χ1v) is 7.00. The molecule has 0 unspecified atom stereocenters. The quantitative estimate of drug-likeness (QED) is 0.843. The SMILES string of the molecule is CN(Cc1cc(C#N)ccc1F)Cc1ccccc1Br. The minimum Gasteiger partial charge on any atom is -0.298 e. The van der Waals surface area contributed by atoms with Crippen LogP contribution in [0, 0.1) is 17.1 Å². The maximum Gasteiger partial charge on any atom is 0.127 e. The monoisotopic (exact) mass is 332 g/mol. The van der Waals surface area contributed by atoms with Crippen LogP contribution in [0.5, 0.6) is 0 Å². The molecule has 0 radical (unpaired) electrons. The Kier molecular flexibility index (Phi) is 4.89. The summed E-state index contributed by atoms with van der Waals surface area (Å²) in [5.41, 5.74) is 2.17. The Hall–Kier alpha value is -1.70. The number of benzene rings is 2. The molecule has 0 aromatic heterocycles. The smallest absolute Gasteiger partial charge is 0.127 e. The lowest BCUT2D eigenvalue weighted by atomic mass is 10.1. The van der Waals surface area contributed by atoms with Gasteiger partial charge in [-0.15, -0.1) is 0 Å². The Morgan fingerprint density at radius 3 is 2.55 bits per heavy atom. The maximum absolute atomic E-state index is 13.7. The normalized spacial score (nSPS) is 10.6. The highest BCUT2D eigenvalue weighted by atomic mass is 79.9. The molecular weight excluding hydrogens is 319 g/mol. The summed E-state index contributed by atoms with van der Waals surface area (Å²) in [4.78, 5) is 2.01. The van der Waals surface area contributed by atoms with Gasteiger partial charge in [0, 0.05) is 23.1 Å². The van der Waals surface area contributed by atoms with Crippen molar-refractivity contribution in [1.82, 2.24) is 4.90 Å². The average Bonchev–Trinajstić information content (AvgIpc) is 2.44. The number of nitrogens with zero attached hydrogens (tertiary/aromatic N) is 2. The highest BCUT2D eigenvalue weighted by Gasteiger charge is 2.09. The molecule has 4 heteroatoms. The van der Waals surface area contributed by atoms with Gasteiger partial charge in [0.2, 0.25) is 0 Å². The molecular formula is C16H14BrFN2. The third kappa shape index (κ3) is 3.66. The third-order valence-electron chi connectivity index (χ3n) is 3.01. The molecule has 20 heavy (non-hydrogen) atoms. The van der Waals surface area contributed by atoms with E-state index in [1.165, 1.54) is 12.1 Å². The van der Waals surface area contributed by atoms with Crippen molar-refractivity contribution < 1.29 is 4.39 Å². The predicted molar refractivity (Wildman–Crippen MR) is 80.4 cm³/mol. The van der Waals surface area contributed by atoms with Gasteiger partial charge in [0.25, 0.3) is 0 Å². The second-order valence-electron chi connectivity index (χ2n) is 4.68. The molecule has 0 bridgehead atoms. The van der Waals surface area contributed by atoms with Crippen LogP contribution in [0.1, 0.15) is 16.7 Å². The maximum atomic E-state index is 13.7. The number of rotatable bonds is 4. The fourth-order valence-corrected chi connectivity index (χ4v) is 2.44. The van der Waals surface area contributed by atoms with Crippen LogP contribution >= 0.6 is 15.9 Å². The molecule has 0 fully saturated rings. The van der Waals surface area contributed by atoms with Gasteiger partial charge < -0.3 is 0 Å². The molecule has 0 saturated heterocycles. The Morgan fingerprint density at radius 2 is 1.85 bits per heavy atom. The Labute approximate surface area is 126 Å².